The average Bonchev–Trinajstić information content (AvgIpc) is 2.93. The molecule has 0 aliphatic heterocycles. The van der Waals surface area contributed by atoms with E-state index in [0.717, 1.165) is 32.1 Å². The van der Waals surface area contributed by atoms with Gasteiger partial charge in [-0.05, 0) is 75.0 Å². The average molecular weight is 400 g/mol. The molecule has 3 saturated carbocycles. The standard InChI is InChI=1S/C22H34O5.Na/c1-13(27-14(2)23)16-6-7-17-15-5-8-19(24)22(4,12-10-20(25)26)18(15)9-11-21(16,17)3;/h13,15-18H,5-12H2,1-4H3,(H,25,26);/q;+1/p-1. The minimum atomic E-state index is -1.07. The molecule has 0 heterocycles. The van der Waals surface area contributed by atoms with Gasteiger partial charge in [0, 0.05) is 30.6 Å². The van der Waals surface area contributed by atoms with Gasteiger partial charge >= 0.3 is 35.5 Å². The minimum Gasteiger partial charge on any atom is -0.550 e. The van der Waals surface area contributed by atoms with E-state index in [2.05, 4.69) is 6.92 Å². The molecule has 28 heavy (non-hydrogen) atoms. The van der Waals surface area contributed by atoms with Crippen molar-refractivity contribution in [2.24, 2.45) is 34.5 Å². The molecule has 0 aromatic heterocycles. The fourth-order valence-electron chi connectivity index (χ4n) is 7.11. The predicted molar refractivity (Wildman–Crippen MR) is 98.4 cm³/mol. The third-order valence-electron chi connectivity index (χ3n) is 8.44. The van der Waals surface area contributed by atoms with Gasteiger partial charge < -0.3 is 14.6 Å². The van der Waals surface area contributed by atoms with Crippen LogP contribution in [0.5, 0.6) is 0 Å². The Balaban J connectivity index is 0.00000280. The summed E-state index contributed by atoms with van der Waals surface area (Å²) in [6.45, 7) is 7.82. The summed E-state index contributed by atoms with van der Waals surface area (Å²) in [7, 11) is 0. The molecule has 6 heteroatoms. The van der Waals surface area contributed by atoms with Crippen LogP contribution in [0.2, 0.25) is 0 Å². The number of carboxylic acid groups (broad SMARTS) is 1. The maximum atomic E-state index is 12.8. The van der Waals surface area contributed by atoms with Crippen LogP contribution in [-0.4, -0.2) is 23.8 Å². The summed E-state index contributed by atoms with van der Waals surface area (Å²) in [5.41, 5.74) is -0.407. The van der Waals surface area contributed by atoms with Gasteiger partial charge in [0.05, 0.1) is 0 Å². The van der Waals surface area contributed by atoms with Crippen molar-refractivity contribution in [2.45, 2.75) is 85.2 Å². The quantitative estimate of drug-likeness (QED) is 0.475. The number of aliphatic carboxylic acids is 1. The van der Waals surface area contributed by atoms with Gasteiger partial charge in [-0.25, -0.2) is 0 Å². The van der Waals surface area contributed by atoms with Gasteiger partial charge in [-0.15, -0.1) is 0 Å². The largest absolute Gasteiger partial charge is 1.00 e. The monoisotopic (exact) mass is 400 g/mol. The molecule has 3 aliphatic carbocycles. The maximum absolute atomic E-state index is 12.8. The van der Waals surface area contributed by atoms with Crippen molar-refractivity contribution in [2.75, 3.05) is 0 Å². The van der Waals surface area contributed by atoms with Gasteiger partial charge in [0.1, 0.15) is 11.9 Å². The van der Waals surface area contributed by atoms with E-state index >= 15 is 0 Å². The van der Waals surface area contributed by atoms with Crippen LogP contribution in [0.15, 0.2) is 0 Å². The number of hydrogen-bond donors (Lipinski definition) is 0. The van der Waals surface area contributed by atoms with Crippen LogP contribution < -0.4 is 34.7 Å². The van der Waals surface area contributed by atoms with Crippen LogP contribution in [0.3, 0.4) is 0 Å². The first-order chi connectivity index (χ1) is 12.6. The molecule has 7 unspecified atom stereocenters. The molecule has 3 rings (SSSR count). The van der Waals surface area contributed by atoms with Gasteiger partial charge in [0.25, 0.3) is 0 Å². The Hall–Kier alpha value is -0.390. The van der Waals surface area contributed by atoms with Crippen molar-refractivity contribution in [3.63, 3.8) is 0 Å². The number of rotatable bonds is 5. The fourth-order valence-corrected chi connectivity index (χ4v) is 7.11. The summed E-state index contributed by atoms with van der Waals surface area (Å²) in [6.07, 6.45) is 5.89. The first-order valence-electron chi connectivity index (χ1n) is 10.5. The molecule has 3 aliphatic rings. The van der Waals surface area contributed by atoms with Crippen LogP contribution in [0.1, 0.15) is 79.1 Å². The molecule has 0 radical (unpaired) electrons. The van der Waals surface area contributed by atoms with Gasteiger partial charge in [-0.2, -0.15) is 0 Å². The Bertz CT molecular complexity index is 634. The molecule has 0 spiro atoms. The molecule has 0 N–H and O–H groups in total. The van der Waals surface area contributed by atoms with Gasteiger partial charge in [-0.3, -0.25) is 9.59 Å². The number of carboxylic acids is 1. The Morgan fingerprint density at radius 2 is 1.86 bits per heavy atom. The minimum absolute atomic E-state index is 0. The summed E-state index contributed by atoms with van der Waals surface area (Å²) in [5.74, 6) is 0.552. The topological polar surface area (TPSA) is 83.5 Å². The molecule has 0 aromatic rings. The van der Waals surface area contributed by atoms with Crippen molar-refractivity contribution >= 4 is 17.7 Å². The summed E-state index contributed by atoms with van der Waals surface area (Å²) in [4.78, 5) is 35.2. The normalized spacial score (nSPS) is 40.6. The second kappa shape index (κ2) is 8.77. The second-order valence-corrected chi connectivity index (χ2v) is 9.67. The van der Waals surface area contributed by atoms with E-state index in [1.54, 1.807) is 0 Å². The first-order valence-corrected chi connectivity index (χ1v) is 10.5. The summed E-state index contributed by atoms with van der Waals surface area (Å²) >= 11 is 0. The molecule has 152 valence electrons. The van der Waals surface area contributed by atoms with Crippen molar-refractivity contribution in [3.05, 3.63) is 0 Å². The van der Waals surface area contributed by atoms with Crippen LogP contribution in [0.25, 0.3) is 0 Å². The number of carbonyl (C=O) groups excluding carboxylic acids is 3. The van der Waals surface area contributed by atoms with Crippen LogP contribution in [-0.2, 0) is 19.1 Å². The van der Waals surface area contributed by atoms with Crippen molar-refractivity contribution in [1.29, 1.82) is 0 Å². The zero-order valence-corrected chi connectivity index (χ0v) is 20.1. The van der Waals surface area contributed by atoms with E-state index in [9.17, 15) is 19.5 Å². The first kappa shape index (κ1) is 23.9. The number of hydrogen-bond acceptors (Lipinski definition) is 5. The summed E-state index contributed by atoms with van der Waals surface area (Å²) in [5, 5.41) is 11.0. The number of ketones is 1. The van der Waals surface area contributed by atoms with Crippen LogP contribution >= 0.6 is 0 Å². The van der Waals surface area contributed by atoms with E-state index in [1.807, 2.05) is 13.8 Å². The van der Waals surface area contributed by atoms with Crippen LogP contribution in [0, 0.1) is 34.5 Å². The van der Waals surface area contributed by atoms with Crippen molar-refractivity contribution in [3.8, 4) is 0 Å². The van der Waals surface area contributed by atoms with Gasteiger partial charge in [0.15, 0.2) is 0 Å². The zero-order chi connectivity index (χ0) is 20.0. The number of esters is 1. The molecular weight excluding hydrogens is 367 g/mol. The SMILES string of the molecule is CC(=O)OC(C)C1CCC2C3CCC(=O)C(C)(CCC(=O)[O-])C3CCC12C.[Na+]. The Morgan fingerprint density at radius 1 is 1.18 bits per heavy atom. The molecule has 0 bridgehead atoms. The number of Topliss-reactive ketones (excluding diaryl/α,β-unsaturated/α-hetero) is 1. The fraction of sp³-hybridized carbons (Fsp3) is 0.864. The molecule has 3 fully saturated rings. The van der Waals surface area contributed by atoms with Gasteiger partial charge in [-0.1, -0.05) is 13.8 Å². The van der Waals surface area contributed by atoms with Gasteiger partial charge in [0.2, 0.25) is 0 Å². The van der Waals surface area contributed by atoms with E-state index in [-0.39, 0.29) is 65.2 Å². The Morgan fingerprint density at radius 3 is 2.46 bits per heavy atom. The van der Waals surface area contributed by atoms with E-state index in [4.69, 9.17) is 4.74 Å². The number of carbonyl (C=O) groups is 3. The summed E-state index contributed by atoms with van der Waals surface area (Å²) < 4.78 is 5.54. The third kappa shape index (κ3) is 4.09. The maximum Gasteiger partial charge on any atom is 1.00 e. The van der Waals surface area contributed by atoms with E-state index in [1.165, 1.54) is 6.92 Å². The van der Waals surface area contributed by atoms with E-state index in [0.29, 0.717) is 30.6 Å². The predicted octanol–water partition coefficient (Wildman–Crippen LogP) is -0.1000. The smallest absolute Gasteiger partial charge is 0.550 e. The molecule has 7 atom stereocenters. The van der Waals surface area contributed by atoms with E-state index < -0.39 is 11.4 Å². The summed E-state index contributed by atoms with van der Waals surface area (Å²) in [6, 6.07) is 0. The second-order valence-electron chi connectivity index (χ2n) is 9.67. The number of fused-ring (bicyclic) bond motifs is 3. The van der Waals surface area contributed by atoms with Crippen molar-refractivity contribution < 1.29 is 53.8 Å². The molecule has 0 saturated heterocycles. The Kier molecular flexibility index (Phi) is 7.48. The number of ether oxygens (including phenoxy) is 1. The molecule has 0 aromatic carbocycles. The zero-order valence-electron chi connectivity index (χ0n) is 18.1. The van der Waals surface area contributed by atoms with Crippen LogP contribution in [0.4, 0.5) is 0 Å². The molecule has 5 nitrogen and oxygen atoms in total. The third-order valence-corrected chi connectivity index (χ3v) is 8.44. The molecule has 0 amide bonds. The molecular formula is C22H33NaO5. The van der Waals surface area contributed by atoms with Crippen molar-refractivity contribution in [1.82, 2.24) is 0 Å². The Labute approximate surface area is 190 Å².